The lowest BCUT2D eigenvalue weighted by Gasteiger charge is -2.06. The van der Waals surface area contributed by atoms with Crippen LogP contribution in [-0.4, -0.2) is 20.4 Å². The second kappa shape index (κ2) is 5.49. The van der Waals surface area contributed by atoms with Crippen molar-refractivity contribution in [3.63, 3.8) is 0 Å². The van der Waals surface area contributed by atoms with Crippen molar-refractivity contribution in [1.29, 1.82) is 0 Å². The summed E-state index contributed by atoms with van der Waals surface area (Å²) < 4.78 is 2.80. The maximum absolute atomic E-state index is 11.4. The Kier molecular flexibility index (Phi) is 3.53. The molecule has 0 aliphatic carbocycles. The number of anilines is 1. The average molecular weight is 343 g/mol. The van der Waals surface area contributed by atoms with E-state index in [0.29, 0.717) is 5.69 Å². The second-order valence-corrected chi connectivity index (χ2v) is 5.29. The fraction of sp³-hybridized carbons (Fsp3) is 0. The van der Waals surface area contributed by atoms with E-state index in [1.165, 1.54) is 6.08 Å². The van der Waals surface area contributed by atoms with Gasteiger partial charge in [0.25, 0.3) is 0 Å². The van der Waals surface area contributed by atoms with Gasteiger partial charge in [-0.05, 0) is 46.3 Å². The van der Waals surface area contributed by atoms with Crippen molar-refractivity contribution in [2.24, 2.45) is 0 Å². The zero-order valence-corrected chi connectivity index (χ0v) is 12.5. The molecule has 0 radical (unpaired) electrons. The summed E-state index contributed by atoms with van der Waals surface area (Å²) in [7, 11) is 0. The predicted molar refractivity (Wildman–Crippen MR) is 85.4 cm³/mol. The van der Waals surface area contributed by atoms with Gasteiger partial charge in [-0.15, -0.1) is 0 Å². The highest BCUT2D eigenvalue weighted by Gasteiger charge is 2.07. The number of hydrogen-bond donors (Lipinski definition) is 1. The first kappa shape index (κ1) is 13.5. The normalized spacial score (nSPS) is 10.5. The van der Waals surface area contributed by atoms with E-state index >= 15 is 0 Å². The van der Waals surface area contributed by atoms with E-state index in [1.807, 2.05) is 22.8 Å². The first-order valence-electron chi connectivity index (χ1n) is 6.19. The van der Waals surface area contributed by atoms with Crippen LogP contribution in [0.15, 0.2) is 60.1 Å². The summed E-state index contributed by atoms with van der Waals surface area (Å²) >= 11 is 3.40. The third-order valence-electron chi connectivity index (χ3n) is 2.97. The quantitative estimate of drug-likeness (QED) is 0.743. The van der Waals surface area contributed by atoms with Crippen molar-refractivity contribution in [3.8, 4) is 5.69 Å². The van der Waals surface area contributed by atoms with E-state index in [1.54, 1.807) is 24.8 Å². The summed E-state index contributed by atoms with van der Waals surface area (Å²) in [5, 5.41) is 2.74. The van der Waals surface area contributed by atoms with Crippen LogP contribution >= 0.6 is 15.9 Å². The van der Waals surface area contributed by atoms with Gasteiger partial charge in [0.05, 0.1) is 22.9 Å². The van der Waals surface area contributed by atoms with Crippen LogP contribution < -0.4 is 5.32 Å². The number of halogens is 1. The van der Waals surface area contributed by atoms with Gasteiger partial charge in [-0.2, -0.15) is 0 Å². The van der Waals surface area contributed by atoms with Crippen molar-refractivity contribution in [3.05, 3.63) is 60.1 Å². The number of fused-ring (bicyclic) bond motifs is 1. The SMILES string of the molecule is C=CC(=O)Nc1ccc2ncn(-c3cncc(Br)c3)c2c1. The van der Waals surface area contributed by atoms with Gasteiger partial charge in [0.1, 0.15) is 6.33 Å². The number of pyridine rings is 1. The minimum absolute atomic E-state index is 0.246. The number of nitrogens with zero attached hydrogens (tertiary/aromatic N) is 3. The molecule has 0 unspecified atom stereocenters. The van der Waals surface area contributed by atoms with Gasteiger partial charge in [0, 0.05) is 16.4 Å². The van der Waals surface area contributed by atoms with Crippen LogP contribution in [0, 0.1) is 0 Å². The molecular formula is C15H11BrN4O. The van der Waals surface area contributed by atoms with Crippen LogP contribution in [0.1, 0.15) is 0 Å². The molecule has 0 bridgehead atoms. The van der Waals surface area contributed by atoms with E-state index in [0.717, 1.165) is 21.2 Å². The summed E-state index contributed by atoms with van der Waals surface area (Å²) in [5.74, 6) is -0.246. The fourth-order valence-electron chi connectivity index (χ4n) is 2.02. The van der Waals surface area contributed by atoms with Crippen LogP contribution in [0.2, 0.25) is 0 Å². The lowest BCUT2D eigenvalue weighted by atomic mass is 10.2. The molecule has 1 aromatic carbocycles. The van der Waals surface area contributed by atoms with Crippen LogP contribution in [-0.2, 0) is 4.79 Å². The molecule has 1 amide bonds. The van der Waals surface area contributed by atoms with Crippen LogP contribution in [0.5, 0.6) is 0 Å². The summed E-state index contributed by atoms with van der Waals surface area (Å²) in [6.45, 7) is 3.44. The van der Waals surface area contributed by atoms with Gasteiger partial charge in [-0.1, -0.05) is 6.58 Å². The van der Waals surface area contributed by atoms with Gasteiger partial charge >= 0.3 is 0 Å². The lowest BCUT2D eigenvalue weighted by Crippen LogP contribution is -2.07. The summed E-state index contributed by atoms with van der Waals surface area (Å²) in [6, 6.07) is 7.48. The number of carbonyl (C=O) groups is 1. The maximum Gasteiger partial charge on any atom is 0.247 e. The van der Waals surface area contributed by atoms with Crippen molar-refractivity contribution in [2.75, 3.05) is 5.32 Å². The van der Waals surface area contributed by atoms with Crippen LogP contribution in [0.25, 0.3) is 16.7 Å². The van der Waals surface area contributed by atoms with Crippen LogP contribution in [0.4, 0.5) is 5.69 Å². The first-order valence-corrected chi connectivity index (χ1v) is 6.98. The third kappa shape index (κ3) is 2.71. The highest BCUT2D eigenvalue weighted by Crippen LogP contribution is 2.23. The van der Waals surface area contributed by atoms with E-state index < -0.39 is 0 Å². The minimum Gasteiger partial charge on any atom is -0.322 e. The monoisotopic (exact) mass is 342 g/mol. The molecule has 0 atom stereocenters. The summed E-state index contributed by atoms with van der Waals surface area (Å²) in [6.07, 6.45) is 6.44. The minimum atomic E-state index is -0.246. The van der Waals surface area contributed by atoms with E-state index in [9.17, 15) is 4.79 Å². The van der Waals surface area contributed by atoms with E-state index in [2.05, 4.69) is 37.8 Å². The molecule has 0 spiro atoms. The molecule has 3 rings (SSSR count). The predicted octanol–water partition coefficient (Wildman–Crippen LogP) is 3.31. The number of hydrogen-bond acceptors (Lipinski definition) is 3. The number of imidazole rings is 1. The van der Waals surface area contributed by atoms with Crippen molar-refractivity contribution >= 4 is 38.6 Å². The molecule has 6 heteroatoms. The fourth-order valence-corrected chi connectivity index (χ4v) is 2.37. The molecule has 104 valence electrons. The summed E-state index contributed by atoms with van der Waals surface area (Å²) in [4.78, 5) is 19.9. The number of aromatic nitrogens is 3. The molecule has 0 fully saturated rings. The standard InChI is InChI=1S/C15H11BrN4O/c1-2-15(21)19-11-3-4-13-14(6-11)20(9-18-13)12-5-10(16)7-17-8-12/h2-9H,1H2,(H,19,21). The Morgan fingerprint density at radius 2 is 2.19 bits per heavy atom. The molecule has 2 heterocycles. The Morgan fingerprint density at radius 1 is 1.33 bits per heavy atom. The average Bonchev–Trinajstić information content (AvgIpc) is 2.90. The van der Waals surface area contributed by atoms with Gasteiger partial charge < -0.3 is 5.32 Å². The molecule has 0 saturated carbocycles. The highest BCUT2D eigenvalue weighted by atomic mass is 79.9. The van der Waals surface area contributed by atoms with Gasteiger partial charge in [-0.25, -0.2) is 4.98 Å². The topological polar surface area (TPSA) is 59.8 Å². The zero-order valence-electron chi connectivity index (χ0n) is 11.0. The molecule has 2 aromatic heterocycles. The highest BCUT2D eigenvalue weighted by molar-refractivity contribution is 9.10. The van der Waals surface area contributed by atoms with Crippen molar-refractivity contribution < 1.29 is 4.79 Å². The van der Waals surface area contributed by atoms with Gasteiger partial charge in [0.2, 0.25) is 5.91 Å². The molecule has 1 N–H and O–H groups in total. The number of rotatable bonds is 3. The van der Waals surface area contributed by atoms with Crippen LogP contribution in [0.3, 0.4) is 0 Å². The molecule has 0 aliphatic heterocycles. The Bertz CT molecular complexity index is 841. The number of amides is 1. The second-order valence-electron chi connectivity index (χ2n) is 4.37. The molecular weight excluding hydrogens is 332 g/mol. The lowest BCUT2D eigenvalue weighted by molar-refractivity contribution is -0.111. The number of nitrogens with one attached hydrogen (secondary N) is 1. The molecule has 0 saturated heterocycles. The van der Waals surface area contributed by atoms with Gasteiger partial charge in [-0.3, -0.25) is 14.3 Å². The molecule has 0 aliphatic rings. The first-order chi connectivity index (χ1) is 10.2. The third-order valence-corrected chi connectivity index (χ3v) is 3.40. The smallest absolute Gasteiger partial charge is 0.247 e. The summed E-state index contributed by atoms with van der Waals surface area (Å²) in [5.41, 5.74) is 3.31. The van der Waals surface area contributed by atoms with E-state index in [-0.39, 0.29) is 5.91 Å². The number of carbonyl (C=O) groups excluding carboxylic acids is 1. The zero-order chi connectivity index (χ0) is 14.8. The molecule has 5 nitrogen and oxygen atoms in total. The molecule has 3 aromatic rings. The van der Waals surface area contributed by atoms with Crippen molar-refractivity contribution in [1.82, 2.24) is 14.5 Å². The Morgan fingerprint density at radius 3 is 2.95 bits per heavy atom. The maximum atomic E-state index is 11.4. The Balaban J connectivity index is 2.09. The van der Waals surface area contributed by atoms with Gasteiger partial charge in [0.15, 0.2) is 0 Å². The molecule has 21 heavy (non-hydrogen) atoms. The van der Waals surface area contributed by atoms with Crippen molar-refractivity contribution in [2.45, 2.75) is 0 Å². The number of benzene rings is 1. The Labute approximate surface area is 129 Å². The largest absolute Gasteiger partial charge is 0.322 e. The van der Waals surface area contributed by atoms with E-state index in [4.69, 9.17) is 0 Å². The Hall–Kier alpha value is -2.47.